The first-order chi connectivity index (χ1) is 6.36. The zero-order valence-electron chi connectivity index (χ0n) is 7.77. The largest absolute Gasteiger partial charge is 0.377 e. The van der Waals surface area contributed by atoms with Crippen LogP contribution in [-0.4, -0.2) is 18.5 Å². The van der Waals surface area contributed by atoms with Gasteiger partial charge in [0, 0.05) is 13.6 Å². The third-order valence-electron chi connectivity index (χ3n) is 2.21. The zero-order valence-corrected chi connectivity index (χ0v) is 7.77. The molecule has 0 aromatic heterocycles. The van der Waals surface area contributed by atoms with Gasteiger partial charge in [-0.3, -0.25) is 0 Å². The van der Waals surface area contributed by atoms with Gasteiger partial charge in [0.15, 0.2) is 0 Å². The van der Waals surface area contributed by atoms with Gasteiger partial charge in [0.2, 0.25) is 0 Å². The summed E-state index contributed by atoms with van der Waals surface area (Å²) in [7, 11) is 2.08. The van der Waals surface area contributed by atoms with E-state index in [2.05, 4.69) is 60.6 Å². The summed E-state index contributed by atoms with van der Waals surface area (Å²) in [6, 6.07) is 8.44. The van der Waals surface area contributed by atoms with Gasteiger partial charge in [-0.2, -0.15) is 0 Å². The predicted octanol–water partition coefficient (Wildman–Crippen LogP) is 0.707. The van der Waals surface area contributed by atoms with Gasteiger partial charge in [-0.1, -0.05) is 36.4 Å². The van der Waals surface area contributed by atoms with Crippen LogP contribution < -0.4 is 10.4 Å². The molecule has 0 aliphatic carbocycles. The average Bonchev–Trinajstić information content (AvgIpc) is 2.13. The Morgan fingerprint density at radius 2 is 1.92 bits per heavy atom. The Balaban J connectivity index is 2.62. The van der Waals surface area contributed by atoms with E-state index in [1.54, 1.807) is 0 Å². The smallest absolute Gasteiger partial charge is 0.0359 e. The van der Waals surface area contributed by atoms with Crippen molar-refractivity contribution in [3.8, 4) is 0 Å². The van der Waals surface area contributed by atoms with Gasteiger partial charge in [0.25, 0.3) is 0 Å². The van der Waals surface area contributed by atoms with Crippen LogP contribution in [-0.2, 0) is 0 Å². The van der Waals surface area contributed by atoms with Crippen LogP contribution in [0.3, 0.4) is 0 Å². The molecule has 0 saturated carbocycles. The molecule has 0 spiro atoms. The molecule has 1 aliphatic rings. The quantitative estimate of drug-likeness (QED) is 0.555. The third-order valence-corrected chi connectivity index (χ3v) is 2.21. The lowest BCUT2D eigenvalue weighted by molar-refractivity contribution is 0.522. The van der Waals surface area contributed by atoms with Crippen molar-refractivity contribution in [3.63, 3.8) is 0 Å². The molecule has 1 aromatic rings. The molecule has 66 valence electrons. The lowest BCUT2D eigenvalue weighted by Crippen LogP contribution is -2.26. The molecule has 1 heteroatoms. The van der Waals surface area contributed by atoms with Crippen LogP contribution in [0.2, 0.25) is 0 Å². The number of fused-ring (bicyclic) bond motifs is 1. The highest BCUT2D eigenvalue weighted by Crippen LogP contribution is 1.87. The van der Waals surface area contributed by atoms with Crippen LogP contribution in [0.1, 0.15) is 0 Å². The Kier molecular flexibility index (Phi) is 2.17. The summed E-state index contributed by atoms with van der Waals surface area (Å²) < 4.78 is 0. The minimum absolute atomic E-state index is 0.974. The predicted molar refractivity (Wildman–Crippen MR) is 56.4 cm³/mol. The maximum atomic E-state index is 2.25. The van der Waals surface area contributed by atoms with E-state index in [1.807, 2.05) is 0 Å². The summed E-state index contributed by atoms with van der Waals surface area (Å²) in [5, 5.41) is 2.62. The van der Waals surface area contributed by atoms with E-state index in [9.17, 15) is 0 Å². The topological polar surface area (TPSA) is 3.24 Å². The summed E-state index contributed by atoms with van der Waals surface area (Å²) in [6.07, 6.45) is 8.56. The second kappa shape index (κ2) is 3.48. The van der Waals surface area contributed by atoms with Gasteiger partial charge < -0.3 is 4.90 Å². The molecule has 0 unspecified atom stereocenters. The maximum Gasteiger partial charge on any atom is 0.0359 e. The van der Waals surface area contributed by atoms with Gasteiger partial charge in [0.05, 0.1) is 0 Å². The van der Waals surface area contributed by atoms with Crippen molar-refractivity contribution >= 4 is 12.2 Å². The first-order valence-electron chi connectivity index (χ1n) is 4.50. The van der Waals surface area contributed by atoms with E-state index in [0.29, 0.717) is 0 Å². The van der Waals surface area contributed by atoms with Crippen LogP contribution in [0.4, 0.5) is 0 Å². The highest BCUT2D eigenvalue weighted by Gasteiger charge is 1.90. The minimum atomic E-state index is 0.974. The first-order valence-corrected chi connectivity index (χ1v) is 4.50. The summed E-state index contributed by atoms with van der Waals surface area (Å²) in [5.74, 6) is 0. The molecular formula is C12H13N. The number of nitrogens with zero attached hydrogens (tertiary/aromatic N) is 1. The van der Waals surface area contributed by atoms with Gasteiger partial charge in [-0.25, -0.2) is 0 Å². The van der Waals surface area contributed by atoms with Crippen molar-refractivity contribution in [2.24, 2.45) is 0 Å². The molecule has 0 N–H and O–H groups in total. The van der Waals surface area contributed by atoms with E-state index >= 15 is 0 Å². The molecular weight excluding hydrogens is 158 g/mol. The van der Waals surface area contributed by atoms with Gasteiger partial charge in [0.1, 0.15) is 0 Å². The van der Waals surface area contributed by atoms with Crippen molar-refractivity contribution in [2.75, 3.05) is 13.6 Å². The molecule has 0 saturated heterocycles. The Morgan fingerprint density at radius 1 is 1.15 bits per heavy atom. The number of rotatable bonds is 0. The summed E-state index contributed by atoms with van der Waals surface area (Å²) >= 11 is 0. The molecule has 0 fully saturated rings. The molecule has 0 bridgehead atoms. The van der Waals surface area contributed by atoms with Crippen LogP contribution >= 0.6 is 0 Å². The van der Waals surface area contributed by atoms with Gasteiger partial charge >= 0.3 is 0 Å². The Morgan fingerprint density at radius 3 is 2.77 bits per heavy atom. The van der Waals surface area contributed by atoms with E-state index < -0.39 is 0 Å². The molecule has 0 amide bonds. The molecule has 0 atom stereocenters. The Labute approximate surface area is 78.3 Å². The lowest BCUT2D eigenvalue weighted by Gasteiger charge is -2.10. The highest BCUT2D eigenvalue weighted by molar-refractivity contribution is 5.41. The first kappa shape index (κ1) is 8.11. The van der Waals surface area contributed by atoms with Gasteiger partial charge in [-0.05, 0) is 22.7 Å². The molecule has 13 heavy (non-hydrogen) atoms. The monoisotopic (exact) mass is 171 g/mol. The molecule has 1 aliphatic heterocycles. The average molecular weight is 171 g/mol. The second-order valence-electron chi connectivity index (χ2n) is 3.28. The lowest BCUT2D eigenvalue weighted by atomic mass is 10.2. The molecule has 1 heterocycles. The highest BCUT2D eigenvalue weighted by atomic mass is 15.1. The van der Waals surface area contributed by atoms with E-state index in [0.717, 1.165) is 6.54 Å². The minimum Gasteiger partial charge on any atom is -0.377 e. The zero-order chi connectivity index (χ0) is 9.10. The van der Waals surface area contributed by atoms with Crippen molar-refractivity contribution in [2.45, 2.75) is 0 Å². The standard InChI is InChI=1S/C12H13N/c1-13-9-4-7-11-5-2-3-6-12(11)8-10-13/h2-9H,10H2,1H3/b9-4-,11-7-,12-8-. The van der Waals surface area contributed by atoms with E-state index in [-0.39, 0.29) is 0 Å². The van der Waals surface area contributed by atoms with Crippen LogP contribution in [0.5, 0.6) is 0 Å². The fraction of sp³-hybridized carbons (Fsp3) is 0.167. The summed E-state index contributed by atoms with van der Waals surface area (Å²) in [4.78, 5) is 2.16. The Bertz CT molecular complexity index is 429. The fourth-order valence-electron chi connectivity index (χ4n) is 1.45. The van der Waals surface area contributed by atoms with E-state index in [1.165, 1.54) is 10.4 Å². The number of hydrogen-bond acceptors (Lipinski definition) is 1. The molecule has 2 rings (SSSR count). The number of benzene rings is 1. The third kappa shape index (κ3) is 1.81. The SMILES string of the molecule is CN1\C=C/C=c2/cccc/c2=C/C1. The van der Waals surface area contributed by atoms with Crippen molar-refractivity contribution in [1.82, 2.24) is 4.90 Å². The number of hydrogen-bond donors (Lipinski definition) is 0. The van der Waals surface area contributed by atoms with Crippen LogP contribution in [0.15, 0.2) is 36.5 Å². The van der Waals surface area contributed by atoms with Crippen molar-refractivity contribution < 1.29 is 0 Å². The van der Waals surface area contributed by atoms with Gasteiger partial charge in [-0.15, -0.1) is 0 Å². The molecule has 1 aromatic carbocycles. The van der Waals surface area contributed by atoms with Crippen LogP contribution in [0, 0.1) is 0 Å². The molecule has 0 radical (unpaired) electrons. The molecule has 1 nitrogen and oxygen atoms in total. The maximum absolute atomic E-state index is 2.25. The Hall–Kier alpha value is -1.50. The second-order valence-corrected chi connectivity index (χ2v) is 3.28. The van der Waals surface area contributed by atoms with Crippen LogP contribution in [0.25, 0.3) is 12.2 Å². The normalized spacial score (nSPS) is 22.7. The number of allylic oxidation sites excluding steroid dienone is 1. The van der Waals surface area contributed by atoms with E-state index in [4.69, 9.17) is 0 Å². The fourth-order valence-corrected chi connectivity index (χ4v) is 1.45. The van der Waals surface area contributed by atoms with Crippen molar-refractivity contribution in [1.29, 1.82) is 0 Å². The van der Waals surface area contributed by atoms with Crippen molar-refractivity contribution in [3.05, 3.63) is 47.0 Å². The summed E-state index contributed by atoms with van der Waals surface area (Å²) in [5.41, 5.74) is 0. The summed E-state index contributed by atoms with van der Waals surface area (Å²) in [6.45, 7) is 0.974.